The summed E-state index contributed by atoms with van der Waals surface area (Å²) < 4.78 is 29.2. The number of ether oxygens (including phenoxy) is 1. The number of benzene rings is 1. The first-order chi connectivity index (χ1) is 11.3. The van der Waals surface area contributed by atoms with Crippen LogP contribution in [-0.2, 0) is 24.2 Å². The Labute approximate surface area is 150 Å². The molecule has 6 nitrogen and oxygen atoms in total. The lowest BCUT2D eigenvalue weighted by atomic mass is 10.3. The van der Waals surface area contributed by atoms with Gasteiger partial charge in [0.25, 0.3) is 0 Å². The summed E-state index contributed by atoms with van der Waals surface area (Å²) in [5, 5.41) is 0.0327. The number of sulfone groups is 1. The molecule has 0 bridgehead atoms. The lowest BCUT2D eigenvalue weighted by Gasteiger charge is -2.31. The van der Waals surface area contributed by atoms with Crippen LogP contribution in [-0.4, -0.2) is 62.1 Å². The van der Waals surface area contributed by atoms with Crippen LogP contribution in [0.15, 0.2) is 29.2 Å². The Hall–Kier alpha value is -1.25. The lowest BCUT2D eigenvalue weighted by Crippen LogP contribution is -2.45. The van der Waals surface area contributed by atoms with E-state index < -0.39 is 15.1 Å². The molecular formula is C15H18ClNO5S2. The first-order valence-electron chi connectivity index (χ1n) is 7.29. The van der Waals surface area contributed by atoms with Crippen LogP contribution in [0.25, 0.3) is 0 Å². The zero-order chi connectivity index (χ0) is 17.7. The maximum Gasteiger partial charge on any atom is 0.320 e. The summed E-state index contributed by atoms with van der Waals surface area (Å²) in [5.41, 5.74) is 0. The largest absolute Gasteiger partial charge is 0.468 e. The van der Waals surface area contributed by atoms with E-state index in [4.69, 9.17) is 16.3 Å². The second-order valence-corrected chi connectivity index (χ2v) is 9.10. The van der Waals surface area contributed by atoms with Crippen molar-refractivity contribution in [2.75, 3.05) is 31.7 Å². The monoisotopic (exact) mass is 391 g/mol. The summed E-state index contributed by atoms with van der Waals surface area (Å²) in [4.78, 5) is 25.5. The predicted octanol–water partition coefficient (Wildman–Crippen LogP) is 1.62. The molecule has 1 aromatic rings. The fourth-order valence-electron chi connectivity index (χ4n) is 2.29. The average molecular weight is 392 g/mol. The fraction of sp³-hybridized carbons (Fsp3) is 0.467. The molecule has 1 saturated heterocycles. The summed E-state index contributed by atoms with van der Waals surface area (Å²) in [6.07, 6.45) is -0.122. The Balaban J connectivity index is 1.94. The molecule has 1 atom stereocenters. The second kappa shape index (κ2) is 8.22. The quantitative estimate of drug-likeness (QED) is 0.709. The van der Waals surface area contributed by atoms with Crippen molar-refractivity contribution >= 4 is 45.1 Å². The van der Waals surface area contributed by atoms with Gasteiger partial charge in [0.2, 0.25) is 5.91 Å². The van der Waals surface area contributed by atoms with Gasteiger partial charge in [-0.1, -0.05) is 11.6 Å². The van der Waals surface area contributed by atoms with Crippen molar-refractivity contribution in [3.63, 3.8) is 0 Å². The molecular weight excluding hydrogens is 374 g/mol. The van der Waals surface area contributed by atoms with Crippen molar-refractivity contribution in [1.82, 2.24) is 4.90 Å². The van der Waals surface area contributed by atoms with E-state index in [0.29, 0.717) is 17.3 Å². The molecule has 0 saturated carbocycles. The molecule has 0 spiro atoms. The Morgan fingerprint density at radius 1 is 1.33 bits per heavy atom. The molecule has 132 valence electrons. The van der Waals surface area contributed by atoms with E-state index in [9.17, 15) is 18.0 Å². The van der Waals surface area contributed by atoms with E-state index in [-0.39, 0.29) is 35.5 Å². The number of carbonyl (C=O) groups excluding carboxylic acids is 2. The summed E-state index contributed by atoms with van der Waals surface area (Å²) in [5.74, 6) is -0.303. The predicted molar refractivity (Wildman–Crippen MR) is 93.0 cm³/mol. The molecule has 0 N–H and O–H groups in total. The van der Waals surface area contributed by atoms with Crippen LogP contribution in [0.3, 0.4) is 0 Å². The van der Waals surface area contributed by atoms with Gasteiger partial charge in [-0.3, -0.25) is 9.59 Å². The average Bonchev–Trinajstić information content (AvgIpc) is 2.59. The summed E-state index contributed by atoms with van der Waals surface area (Å²) in [6.45, 7) is 0.745. The number of methoxy groups -OCH3 is 1. The standard InChI is InChI=1S/C15H18ClNO5S2/c1-22-15(19)13-10-17(7-8-23-13)14(18)6-9-24(20,21)12-4-2-11(16)3-5-12/h2-5,13H,6-10H2,1H3/t13-/m0/s1. The maximum atomic E-state index is 12.3. The van der Waals surface area contributed by atoms with E-state index in [0.717, 1.165) is 0 Å². The lowest BCUT2D eigenvalue weighted by molar-refractivity contribution is -0.141. The molecule has 1 aliphatic heterocycles. The Kier molecular flexibility index (Phi) is 6.54. The summed E-state index contributed by atoms with van der Waals surface area (Å²) >= 11 is 7.19. The number of amides is 1. The molecule has 0 unspecified atom stereocenters. The smallest absolute Gasteiger partial charge is 0.320 e. The zero-order valence-electron chi connectivity index (χ0n) is 13.1. The van der Waals surface area contributed by atoms with E-state index >= 15 is 0 Å². The highest BCUT2D eigenvalue weighted by atomic mass is 35.5. The number of rotatable bonds is 5. The van der Waals surface area contributed by atoms with Gasteiger partial charge in [0.1, 0.15) is 5.25 Å². The molecule has 9 heteroatoms. The van der Waals surface area contributed by atoms with Crippen LogP contribution in [0.5, 0.6) is 0 Å². The van der Waals surface area contributed by atoms with Gasteiger partial charge >= 0.3 is 5.97 Å². The third kappa shape index (κ3) is 4.87. The van der Waals surface area contributed by atoms with Crippen molar-refractivity contribution < 1.29 is 22.7 Å². The van der Waals surface area contributed by atoms with Gasteiger partial charge < -0.3 is 9.64 Å². The molecule has 1 fully saturated rings. The van der Waals surface area contributed by atoms with Gasteiger partial charge in [-0.05, 0) is 24.3 Å². The second-order valence-electron chi connectivity index (χ2n) is 5.25. The zero-order valence-corrected chi connectivity index (χ0v) is 15.5. The Morgan fingerprint density at radius 3 is 2.62 bits per heavy atom. The molecule has 0 aromatic heterocycles. The first-order valence-corrected chi connectivity index (χ1v) is 10.4. The Bertz CT molecular complexity index is 705. The van der Waals surface area contributed by atoms with E-state index in [1.54, 1.807) is 0 Å². The number of esters is 1. The number of nitrogens with zero attached hydrogens (tertiary/aromatic N) is 1. The van der Waals surface area contributed by atoms with E-state index in [1.165, 1.54) is 48.0 Å². The Morgan fingerprint density at radius 2 is 2.00 bits per heavy atom. The number of hydrogen-bond acceptors (Lipinski definition) is 6. The fourth-order valence-corrected chi connectivity index (χ4v) is 4.77. The van der Waals surface area contributed by atoms with Gasteiger partial charge in [0.15, 0.2) is 9.84 Å². The molecule has 1 aliphatic rings. The molecule has 2 rings (SSSR count). The van der Waals surface area contributed by atoms with Crippen LogP contribution in [0.2, 0.25) is 5.02 Å². The maximum absolute atomic E-state index is 12.3. The summed E-state index contributed by atoms with van der Waals surface area (Å²) in [7, 11) is -2.24. The minimum atomic E-state index is -3.55. The van der Waals surface area contributed by atoms with Gasteiger partial charge in [-0.15, -0.1) is 11.8 Å². The molecule has 1 heterocycles. The number of halogens is 1. The third-order valence-electron chi connectivity index (χ3n) is 3.64. The van der Waals surface area contributed by atoms with Gasteiger partial charge in [0.05, 0.1) is 17.8 Å². The van der Waals surface area contributed by atoms with Crippen molar-refractivity contribution in [1.29, 1.82) is 0 Å². The van der Waals surface area contributed by atoms with Crippen LogP contribution in [0.4, 0.5) is 0 Å². The highest BCUT2D eigenvalue weighted by Gasteiger charge is 2.30. The number of carbonyl (C=O) groups is 2. The number of hydrogen-bond donors (Lipinski definition) is 0. The van der Waals surface area contributed by atoms with Crippen LogP contribution < -0.4 is 0 Å². The SMILES string of the molecule is COC(=O)[C@@H]1CN(C(=O)CCS(=O)(=O)c2ccc(Cl)cc2)CCS1. The molecule has 0 aliphatic carbocycles. The van der Waals surface area contributed by atoms with Gasteiger partial charge in [-0.25, -0.2) is 8.42 Å². The molecule has 1 aromatic carbocycles. The number of thioether (sulfide) groups is 1. The van der Waals surface area contributed by atoms with Crippen LogP contribution >= 0.6 is 23.4 Å². The van der Waals surface area contributed by atoms with Crippen LogP contribution in [0.1, 0.15) is 6.42 Å². The first kappa shape index (κ1) is 19.1. The molecule has 0 radical (unpaired) electrons. The van der Waals surface area contributed by atoms with Crippen molar-refractivity contribution in [2.45, 2.75) is 16.6 Å². The van der Waals surface area contributed by atoms with E-state index in [2.05, 4.69) is 0 Å². The summed E-state index contributed by atoms with van der Waals surface area (Å²) in [6, 6.07) is 5.85. The third-order valence-corrected chi connectivity index (χ3v) is 6.79. The van der Waals surface area contributed by atoms with Gasteiger partial charge in [0, 0.05) is 30.3 Å². The highest BCUT2D eigenvalue weighted by Crippen LogP contribution is 2.21. The topological polar surface area (TPSA) is 80.8 Å². The minimum absolute atomic E-state index is 0.122. The van der Waals surface area contributed by atoms with Crippen molar-refractivity contribution in [3.05, 3.63) is 29.3 Å². The van der Waals surface area contributed by atoms with Crippen LogP contribution in [0, 0.1) is 0 Å². The van der Waals surface area contributed by atoms with Gasteiger partial charge in [-0.2, -0.15) is 0 Å². The van der Waals surface area contributed by atoms with Crippen molar-refractivity contribution in [2.24, 2.45) is 0 Å². The van der Waals surface area contributed by atoms with Crippen molar-refractivity contribution in [3.8, 4) is 0 Å². The normalized spacial score (nSPS) is 18.2. The van der Waals surface area contributed by atoms with E-state index in [1.807, 2.05) is 0 Å². The molecule has 24 heavy (non-hydrogen) atoms. The molecule has 1 amide bonds. The highest BCUT2D eigenvalue weighted by molar-refractivity contribution is 8.00. The minimum Gasteiger partial charge on any atom is -0.468 e.